The summed E-state index contributed by atoms with van der Waals surface area (Å²) in [4.78, 5) is 24.8. The van der Waals surface area contributed by atoms with Crippen molar-refractivity contribution < 1.29 is 14.0 Å². The minimum absolute atomic E-state index is 0.00120. The second-order valence-corrected chi connectivity index (χ2v) is 4.77. The molecule has 2 amide bonds. The second-order valence-electron chi connectivity index (χ2n) is 4.77. The summed E-state index contributed by atoms with van der Waals surface area (Å²) in [6.07, 6.45) is 0.778. The molecule has 0 aliphatic heterocycles. The van der Waals surface area contributed by atoms with Crippen LogP contribution >= 0.6 is 0 Å². The number of carbonyl (C=O) groups is 2. The van der Waals surface area contributed by atoms with Gasteiger partial charge in [0.15, 0.2) is 0 Å². The van der Waals surface area contributed by atoms with Gasteiger partial charge in [-0.1, -0.05) is 25.1 Å². The molecule has 0 aliphatic rings. The van der Waals surface area contributed by atoms with Crippen LogP contribution in [-0.2, 0) is 16.1 Å². The molecule has 1 unspecified atom stereocenters. The van der Waals surface area contributed by atoms with Gasteiger partial charge in [-0.25, -0.2) is 4.39 Å². The molecule has 1 N–H and O–H groups in total. The Balaban J connectivity index is 2.55. The molecule has 0 heterocycles. The second kappa shape index (κ2) is 7.62. The predicted molar refractivity (Wildman–Crippen MR) is 75.4 cm³/mol. The fraction of sp³-hybridized carbons (Fsp3) is 0.467. The van der Waals surface area contributed by atoms with Crippen LogP contribution in [0.1, 0.15) is 32.8 Å². The summed E-state index contributed by atoms with van der Waals surface area (Å²) in [5.74, 6) is -0.776. The molecule has 0 bridgehead atoms. The molecular formula is C15H21FN2O2. The molecule has 0 spiro atoms. The molecule has 0 aliphatic carbocycles. The van der Waals surface area contributed by atoms with Crippen molar-refractivity contribution in [2.24, 2.45) is 0 Å². The summed E-state index contributed by atoms with van der Waals surface area (Å²) in [7, 11) is 0. The Labute approximate surface area is 119 Å². The van der Waals surface area contributed by atoms with E-state index in [1.165, 1.54) is 17.9 Å². The molecule has 0 fully saturated rings. The van der Waals surface area contributed by atoms with Gasteiger partial charge in [-0.2, -0.15) is 0 Å². The first-order valence-electron chi connectivity index (χ1n) is 6.73. The zero-order valence-electron chi connectivity index (χ0n) is 12.1. The SMILES string of the molecule is CCC(C)N(CC(=O)NCc1ccccc1F)C(C)=O. The van der Waals surface area contributed by atoms with E-state index in [9.17, 15) is 14.0 Å². The standard InChI is InChI=1S/C15H21FN2O2/c1-4-11(2)18(12(3)19)10-15(20)17-9-13-7-5-6-8-14(13)16/h5-8,11H,4,9-10H2,1-3H3,(H,17,20). The minimum Gasteiger partial charge on any atom is -0.350 e. The van der Waals surface area contributed by atoms with E-state index >= 15 is 0 Å². The third kappa shape index (κ3) is 4.64. The number of nitrogens with zero attached hydrogens (tertiary/aromatic N) is 1. The fourth-order valence-electron chi connectivity index (χ4n) is 1.84. The number of hydrogen-bond donors (Lipinski definition) is 1. The van der Waals surface area contributed by atoms with Gasteiger partial charge in [0.1, 0.15) is 5.82 Å². The highest BCUT2D eigenvalue weighted by molar-refractivity contribution is 5.83. The van der Waals surface area contributed by atoms with Crippen LogP contribution in [0.15, 0.2) is 24.3 Å². The molecule has 1 atom stereocenters. The lowest BCUT2D eigenvalue weighted by Crippen LogP contribution is -2.44. The summed E-state index contributed by atoms with van der Waals surface area (Å²) < 4.78 is 13.4. The lowest BCUT2D eigenvalue weighted by Gasteiger charge is -2.26. The highest BCUT2D eigenvalue weighted by atomic mass is 19.1. The van der Waals surface area contributed by atoms with Gasteiger partial charge in [0.05, 0.1) is 6.54 Å². The van der Waals surface area contributed by atoms with E-state index in [0.29, 0.717) is 5.56 Å². The predicted octanol–water partition coefficient (Wildman–Crippen LogP) is 2.09. The number of rotatable bonds is 6. The van der Waals surface area contributed by atoms with E-state index in [0.717, 1.165) is 6.42 Å². The first-order chi connectivity index (χ1) is 9.45. The maximum Gasteiger partial charge on any atom is 0.239 e. The molecule has 0 aromatic heterocycles. The molecule has 1 aromatic rings. The third-order valence-corrected chi connectivity index (χ3v) is 3.28. The van der Waals surface area contributed by atoms with E-state index in [1.54, 1.807) is 18.2 Å². The Morgan fingerprint density at radius 3 is 2.55 bits per heavy atom. The summed E-state index contributed by atoms with van der Waals surface area (Å²) in [6, 6.07) is 6.29. The molecule has 110 valence electrons. The van der Waals surface area contributed by atoms with Crippen molar-refractivity contribution in [1.29, 1.82) is 0 Å². The van der Waals surface area contributed by atoms with E-state index in [4.69, 9.17) is 0 Å². The monoisotopic (exact) mass is 280 g/mol. The highest BCUT2D eigenvalue weighted by Crippen LogP contribution is 2.06. The van der Waals surface area contributed by atoms with Crippen molar-refractivity contribution in [3.05, 3.63) is 35.6 Å². The smallest absolute Gasteiger partial charge is 0.239 e. The number of carbonyl (C=O) groups excluding carboxylic acids is 2. The van der Waals surface area contributed by atoms with Crippen molar-refractivity contribution in [3.63, 3.8) is 0 Å². The Hall–Kier alpha value is -1.91. The Morgan fingerprint density at radius 2 is 2.00 bits per heavy atom. The molecule has 1 aromatic carbocycles. The topological polar surface area (TPSA) is 49.4 Å². The van der Waals surface area contributed by atoms with Gasteiger partial charge in [0.25, 0.3) is 0 Å². The summed E-state index contributed by atoms with van der Waals surface area (Å²) >= 11 is 0. The molecule has 4 nitrogen and oxygen atoms in total. The average molecular weight is 280 g/mol. The number of benzene rings is 1. The lowest BCUT2D eigenvalue weighted by atomic mass is 10.2. The molecular weight excluding hydrogens is 259 g/mol. The molecule has 1 rings (SSSR count). The van der Waals surface area contributed by atoms with Crippen LogP contribution in [0.25, 0.3) is 0 Å². The molecule has 0 radical (unpaired) electrons. The van der Waals surface area contributed by atoms with Crippen LogP contribution in [0.5, 0.6) is 0 Å². The summed E-state index contributed by atoms with van der Waals surface area (Å²) in [5.41, 5.74) is 0.429. The van der Waals surface area contributed by atoms with Gasteiger partial charge in [-0.05, 0) is 19.4 Å². The largest absolute Gasteiger partial charge is 0.350 e. The van der Waals surface area contributed by atoms with E-state index in [1.807, 2.05) is 13.8 Å². The van der Waals surface area contributed by atoms with Crippen LogP contribution in [0.3, 0.4) is 0 Å². The molecule has 5 heteroatoms. The summed E-state index contributed by atoms with van der Waals surface area (Å²) in [5, 5.41) is 2.63. The van der Waals surface area contributed by atoms with E-state index < -0.39 is 0 Å². The fourth-order valence-corrected chi connectivity index (χ4v) is 1.84. The first-order valence-corrected chi connectivity index (χ1v) is 6.73. The summed E-state index contributed by atoms with van der Waals surface area (Å²) in [6.45, 7) is 5.41. The maximum absolute atomic E-state index is 13.4. The van der Waals surface area contributed by atoms with Gasteiger partial charge in [0, 0.05) is 25.1 Å². The Bertz CT molecular complexity index is 477. The van der Waals surface area contributed by atoms with Gasteiger partial charge in [-0.15, -0.1) is 0 Å². The maximum atomic E-state index is 13.4. The highest BCUT2D eigenvalue weighted by Gasteiger charge is 2.18. The average Bonchev–Trinajstić information content (AvgIpc) is 2.42. The van der Waals surface area contributed by atoms with Crippen LogP contribution in [0.4, 0.5) is 4.39 Å². The van der Waals surface area contributed by atoms with Crippen molar-refractivity contribution >= 4 is 11.8 Å². The van der Waals surface area contributed by atoms with Crippen molar-refractivity contribution in [3.8, 4) is 0 Å². The van der Waals surface area contributed by atoms with Crippen LogP contribution in [0.2, 0.25) is 0 Å². The third-order valence-electron chi connectivity index (χ3n) is 3.28. The quantitative estimate of drug-likeness (QED) is 0.867. The normalized spacial score (nSPS) is 11.8. The zero-order chi connectivity index (χ0) is 15.1. The van der Waals surface area contributed by atoms with Crippen LogP contribution in [-0.4, -0.2) is 29.3 Å². The minimum atomic E-state index is -0.349. The van der Waals surface area contributed by atoms with E-state index in [2.05, 4.69) is 5.32 Å². The van der Waals surface area contributed by atoms with Gasteiger partial charge in [-0.3, -0.25) is 9.59 Å². The van der Waals surface area contributed by atoms with Crippen LogP contribution in [0, 0.1) is 5.82 Å². The van der Waals surface area contributed by atoms with Gasteiger partial charge in [0.2, 0.25) is 11.8 Å². The number of hydrogen-bond acceptors (Lipinski definition) is 2. The Morgan fingerprint density at radius 1 is 1.35 bits per heavy atom. The van der Waals surface area contributed by atoms with E-state index in [-0.39, 0.29) is 36.8 Å². The molecule has 20 heavy (non-hydrogen) atoms. The van der Waals surface area contributed by atoms with Crippen molar-refractivity contribution in [2.45, 2.75) is 39.8 Å². The molecule has 0 saturated carbocycles. The van der Waals surface area contributed by atoms with Gasteiger partial charge < -0.3 is 10.2 Å². The van der Waals surface area contributed by atoms with Crippen LogP contribution < -0.4 is 5.32 Å². The molecule has 0 saturated heterocycles. The zero-order valence-corrected chi connectivity index (χ0v) is 12.1. The number of nitrogens with one attached hydrogen (secondary N) is 1. The number of amides is 2. The number of halogens is 1. The Kier molecular flexibility index (Phi) is 6.15. The van der Waals surface area contributed by atoms with Gasteiger partial charge >= 0.3 is 0 Å². The lowest BCUT2D eigenvalue weighted by molar-refractivity contribution is -0.136. The van der Waals surface area contributed by atoms with Crippen molar-refractivity contribution in [1.82, 2.24) is 10.2 Å². The first kappa shape index (κ1) is 16.1. The van der Waals surface area contributed by atoms with Crippen molar-refractivity contribution in [2.75, 3.05) is 6.54 Å².